The van der Waals surface area contributed by atoms with Gasteiger partial charge >= 0.3 is 0 Å². The second-order valence-corrected chi connectivity index (χ2v) is 6.29. The van der Waals surface area contributed by atoms with E-state index in [0.717, 1.165) is 28.1 Å². The molecule has 0 spiro atoms. The smallest absolute Gasteiger partial charge is 0.245 e. The lowest BCUT2D eigenvalue weighted by molar-refractivity contribution is -0.116. The number of hydrogen-bond donors (Lipinski definition) is 0. The molecule has 2 aromatic rings. The SMILES string of the molecule is CC1CC(Cl)C(=O)N1c1ccc2c(c1)OCc1ccncc1-2. The molecule has 1 aromatic heterocycles. The quantitative estimate of drug-likeness (QED) is 0.758. The van der Waals surface area contributed by atoms with Gasteiger partial charge in [0.2, 0.25) is 5.91 Å². The number of ether oxygens (including phenoxy) is 1. The molecule has 0 radical (unpaired) electrons. The fourth-order valence-corrected chi connectivity index (χ4v) is 3.57. The van der Waals surface area contributed by atoms with Crippen molar-refractivity contribution in [2.75, 3.05) is 4.90 Å². The molecule has 2 aliphatic heterocycles. The van der Waals surface area contributed by atoms with Gasteiger partial charge in [-0.1, -0.05) is 0 Å². The summed E-state index contributed by atoms with van der Waals surface area (Å²) in [6, 6.07) is 7.94. The Hall–Kier alpha value is -2.07. The predicted molar refractivity (Wildman–Crippen MR) is 85.2 cm³/mol. The number of aromatic nitrogens is 1. The minimum Gasteiger partial charge on any atom is -0.488 e. The van der Waals surface area contributed by atoms with E-state index >= 15 is 0 Å². The topological polar surface area (TPSA) is 42.4 Å². The standard InChI is InChI=1S/C17H15ClN2O2/c1-10-6-15(18)17(21)20(10)12-2-3-13-14-8-19-5-4-11(14)9-22-16(13)7-12/h2-5,7-8,10,15H,6,9H2,1H3. The highest BCUT2D eigenvalue weighted by Crippen LogP contribution is 2.40. The number of alkyl halides is 1. The van der Waals surface area contributed by atoms with E-state index in [-0.39, 0.29) is 11.9 Å². The number of halogens is 1. The van der Waals surface area contributed by atoms with E-state index in [1.54, 1.807) is 11.1 Å². The molecule has 0 saturated carbocycles. The molecule has 4 nitrogen and oxygen atoms in total. The van der Waals surface area contributed by atoms with E-state index in [0.29, 0.717) is 13.0 Å². The number of carbonyl (C=O) groups is 1. The van der Waals surface area contributed by atoms with Crippen LogP contribution in [0, 0.1) is 0 Å². The summed E-state index contributed by atoms with van der Waals surface area (Å²) in [5.41, 5.74) is 4.07. The second kappa shape index (κ2) is 4.99. The maximum Gasteiger partial charge on any atom is 0.245 e. The molecule has 0 aliphatic carbocycles. The van der Waals surface area contributed by atoms with Gasteiger partial charge in [0.25, 0.3) is 0 Å². The first-order chi connectivity index (χ1) is 10.6. The molecule has 4 rings (SSSR count). The molecule has 2 unspecified atom stereocenters. The van der Waals surface area contributed by atoms with Gasteiger partial charge in [0.1, 0.15) is 17.7 Å². The maximum absolute atomic E-state index is 12.2. The molecule has 1 aromatic carbocycles. The highest BCUT2D eigenvalue weighted by atomic mass is 35.5. The number of hydrogen-bond acceptors (Lipinski definition) is 3. The van der Waals surface area contributed by atoms with Crippen molar-refractivity contribution in [1.29, 1.82) is 0 Å². The van der Waals surface area contributed by atoms with Crippen LogP contribution in [0.4, 0.5) is 5.69 Å². The van der Waals surface area contributed by atoms with Gasteiger partial charge in [0.15, 0.2) is 0 Å². The van der Waals surface area contributed by atoms with Gasteiger partial charge in [-0.05, 0) is 31.5 Å². The summed E-state index contributed by atoms with van der Waals surface area (Å²) in [5.74, 6) is 0.753. The third kappa shape index (κ3) is 1.98. The number of nitrogens with zero attached hydrogens (tertiary/aromatic N) is 2. The average molecular weight is 315 g/mol. The summed E-state index contributed by atoms with van der Waals surface area (Å²) in [6.07, 6.45) is 4.30. The number of anilines is 1. The van der Waals surface area contributed by atoms with Crippen LogP contribution in [0.25, 0.3) is 11.1 Å². The van der Waals surface area contributed by atoms with Crippen molar-refractivity contribution in [1.82, 2.24) is 4.98 Å². The zero-order valence-electron chi connectivity index (χ0n) is 12.1. The normalized spacial score (nSPS) is 23.0. The summed E-state index contributed by atoms with van der Waals surface area (Å²) in [5, 5.41) is -0.433. The Morgan fingerprint density at radius 2 is 2.18 bits per heavy atom. The monoisotopic (exact) mass is 314 g/mol. The zero-order valence-corrected chi connectivity index (χ0v) is 12.9. The lowest BCUT2D eigenvalue weighted by Crippen LogP contribution is -2.32. The molecule has 1 saturated heterocycles. The highest BCUT2D eigenvalue weighted by Gasteiger charge is 2.37. The van der Waals surface area contributed by atoms with E-state index in [9.17, 15) is 4.79 Å². The van der Waals surface area contributed by atoms with Gasteiger partial charge < -0.3 is 9.64 Å². The Bertz CT molecular complexity index is 762. The molecule has 3 heterocycles. The van der Waals surface area contributed by atoms with Crippen LogP contribution in [0.5, 0.6) is 5.75 Å². The highest BCUT2D eigenvalue weighted by molar-refractivity contribution is 6.34. The van der Waals surface area contributed by atoms with E-state index in [1.165, 1.54) is 0 Å². The number of benzene rings is 1. The molecule has 1 fully saturated rings. The molecule has 0 N–H and O–H groups in total. The van der Waals surface area contributed by atoms with Crippen LogP contribution in [0.1, 0.15) is 18.9 Å². The van der Waals surface area contributed by atoms with Gasteiger partial charge in [0.05, 0.1) is 0 Å². The summed E-state index contributed by atoms with van der Waals surface area (Å²) in [4.78, 5) is 18.2. The van der Waals surface area contributed by atoms with Gasteiger partial charge in [-0.25, -0.2) is 0 Å². The summed E-state index contributed by atoms with van der Waals surface area (Å²) in [6.45, 7) is 2.54. The fraction of sp³-hybridized carbons (Fsp3) is 0.294. The molecular weight excluding hydrogens is 300 g/mol. The van der Waals surface area contributed by atoms with Gasteiger partial charge in [-0.2, -0.15) is 0 Å². The summed E-state index contributed by atoms with van der Waals surface area (Å²) in [7, 11) is 0. The van der Waals surface area contributed by atoms with Crippen LogP contribution in [0.2, 0.25) is 0 Å². The van der Waals surface area contributed by atoms with Crippen LogP contribution in [-0.4, -0.2) is 22.3 Å². The molecule has 2 atom stereocenters. The first kappa shape index (κ1) is 13.6. The number of pyridine rings is 1. The van der Waals surface area contributed by atoms with Crippen molar-refractivity contribution >= 4 is 23.2 Å². The molecular formula is C17H15ClN2O2. The fourth-order valence-electron chi connectivity index (χ4n) is 3.21. The Balaban J connectivity index is 1.77. The van der Waals surface area contributed by atoms with Crippen molar-refractivity contribution in [3.05, 3.63) is 42.2 Å². The summed E-state index contributed by atoms with van der Waals surface area (Å²) >= 11 is 6.08. The molecule has 22 heavy (non-hydrogen) atoms. The van der Waals surface area contributed by atoms with Gasteiger partial charge in [-0.3, -0.25) is 9.78 Å². The second-order valence-electron chi connectivity index (χ2n) is 5.76. The number of rotatable bonds is 1. The minimum absolute atomic E-state index is 0.0352. The van der Waals surface area contributed by atoms with Crippen molar-refractivity contribution in [2.24, 2.45) is 0 Å². The Morgan fingerprint density at radius 3 is 2.95 bits per heavy atom. The Kier molecular flexibility index (Phi) is 3.08. The van der Waals surface area contributed by atoms with Crippen LogP contribution >= 0.6 is 11.6 Å². The third-order valence-electron chi connectivity index (χ3n) is 4.32. The van der Waals surface area contributed by atoms with Crippen molar-refractivity contribution in [3.63, 3.8) is 0 Å². The average Bonchev–Trinajstić information content (AvgIpc) is 2.79. The largest absolute Gasteiger partial charge is 0.488 e. The van der Waals surface area contributed by atoms with Gasteiger partial charge in [-0.15, -0.1) is 11.6 Å². The van der Waals surface area contributed by atoms with E-state index in [2.05, 4.69) is 4.98 Å². The van der Waals surface area contributed by atoms with Crippen LogP contribution in [0.15, 0.2) is 36.7 Å². The maximum atomic E-state index is 12.2. The first-order valence-electron chi connectivity index (χ1n) is 7.32. The summed E-state index contributed by atoms with van der Waals surface area (Å²) < 4.78 is 5.85. The van der Waals surface area contributed by atoms with E-state index in [1.807, 2.05) is 37.4 Å². The van der Waals surface area contributed by atoms with Crippen molar-refractivity contribution < 1.29 is 9.53 Å². The van der Waals surface area contributed by atoms with E-state index in [4.69, 9.17) is 16.3 Å². The lowest BCUT2D eigenvalue weighted by atomic mass is 9.99. The van der Waals surface area contributed by atoms with Crippen LogP contribution < -0.4 is 9.64 Å². The lowest BCUT2D eigenvalue weighted by Gasteiger charge is -2.25. The van der Waals surface area contributed by atoms with E-state index < -0.39 is 5.38 Å². The molecule has 2 aliphatic rings. The Morgan fingerprint density at radius 1 is 1.32 bits per heavy atom. The van der Waals surface area contributed by atoms with Crippen molar-refractivity contribution in [3.8, 4) is 16.9 Å². The predicted octanol–water partition coefficient (Wildman–Crippen LogP) is 3.37. The molecule has 112 valence electrons. The van der Waals surface area contributed by atoms with Crippen LogP contribution in [0.3, 0.4) is 0 Å². The molecule has 1 amide bonds. The zero-order chi connectivity index (χ0) is 15.3. The molecule has 0 bridgehead atoms. The van der Waals surface area contributed by atoms with Crippen molar-refractivity contribution in [2.45, 2.75) is 31.4 Å². The number of amides is 1. The first-order valence-corrected chi connectivity index (χ1v) is 7.76. The molecule has 5 heteroatoms. The number of fused-ring (bicyclic) bond motifs is 3. The number of carbonyl (C=O) groups excluding carboxylic acids is 1. The van der Waals surface area contributed by atoms with Gasteiger partial charge in [0, 0.05) is 46.9 Å². The minimum atomic E-state index is -0.433. The van der Waals surface area contributed by atoms with Crippen LogP contribution in [-0.2, 0) is 11.4 Å². The third-order valence-corrected chi connectivity index (χ3v) is 4.69. The Labute approximate surface area is 133 Å².